The summed E-state index contributed by atoms with van der Waals surface area (Å²) in [6.07, 6.45) is 3.46. The van der Waals surface area contributed by atoms with Crippen molar-refractivity contribution in [3.05, 3.63) is 143 Å². The van der Waals surface area contributed by atoms with Crippen LogP contribution in [0.15, 0.2) is 103 Å². The third-order valence-electron chi connectivity index (χ3n) is 7.68. The monoisotopic (exact) mass is 532 g/mol. The molecule has 0 saturated heterocycles. The number of rotatable bonds is 2. The first-order valence-electron chi connectivity index (χ1n) is 13.0. The second-order valence-electron chi connectivity index (χ2n) is 9.79. The van der Waals surface area contributed by atoms with Crippen LogP contribution in [0, 0.1) is 35.8 Å². The summed E-state index contributed by atoms with van der Waals surface area (Å²) in [5.41, 5.74) is 6.48. The van der Waals surface area contributed by atoms with Gasteiger partial charge in [-0.3, -0.25) is 9.97 Å². The van der Waals surface area contributed by atoms with E-state index in [-0.39, 0.29) is 5.70 Å². The van der Waals surface area contributed by atoms with Crippen LogP contribution in [0.4, 0.5) is 5.69 Å². The van der Waals surface area contributed by atoms with Gasteiger partial charge in [-0.25, -0.2) is 15.0 Å². The van der Waals surface area contributed by atoms with Crippen LogP contribution >= 0.6 is 0 Å². The van der Waals surface area contributed by atoms with Gasteiger partial charge >= 0.3 is 0 Å². The first-order valence-corrected chi connectivity index (χ1v) is 13.0. The van der Waals surface area contributed by atoms with Gasteiger partial charge in [0, 0.05) is 39.9 Å². The van der Waals surface area contributed by atoms with Crippen LogP contribution in [0.25, 0.3) is 70.4 Å². The van der Waals surface area contributed by atoms with Gasteiger partial charge in [0.25, 0.3) is 5.70 Å². The molecule has 0 radical (unpaired) electrons. The number of hydrogen-bond acceptors (Lipinski definition) is 4. The molecule has 0 saturated carbocycles. The van der Waals surface area contributed by atoms with E-state index in [9.17, 15) is 10.5 Å². The van der Waals surface area contributed by atoms with Crippen molar-refractivity contribution in [3.63, 3.8) is 0 Å². The van der Waals surface area contributed by atoms with Crippen LogP contribution in [0.2, 0.25) is 0 Å². The maximum Gasteiger partial charge on any atom is 0.270 e. The van der Waals surface area contributed by atoms with Gasteiger partial charge in [0.05, 0.1) is 42.2 Å². The maximum absolute atomic E-state index is 10.2. The van der Waals surface area contributed by atoms with Crippen molar-refractivity contribution in [2.45, 2.75) is 0 Å². The van der Waals surface area contributed by atoms with Crippen molar-refractivity contribution < 1.29 is 0 Å². The Labute approximate surface area is 241 Å². The molecule has 7 rings (SSSR count). The highest BCUT2D eigenvalue weighted by molar-refractivity contribution is 6.09. The molecule has 6 heteroatoms. The number of allylic oxidation sites excluding steroid dienone is 1. The average Bonchev–Trinajstić information content (AvgIpc) is 3.35. The van der Waals surface area contributed by atoms with Crippen LogP contribution in [0.5, 0.6) is 0 Å². The van der Waals surface area contributed by atoms with E-state index in [1.807, 2.05) is 78.9 Å². The van der Waals surface area contributed by atoms with Crippen molar-refractivity contribution in [2.75, 3.05) is 0 Å². The van der Waals surface area contributed by atoms with Gasteiger partial charge in [0.1, 0.15) is 0 Å². The molecule has 0 amide bonds. The molecular formula is C36H16N6. The van der Waals surface area contributed by atoms with E-state index in [1.165, 1.54) is 0 Å². The average molecular weight is 533 g/mol. The highest BCUT2D eigenvalue weighted by Gasteiger charge is 2.30. The molecule has 42 heavy (non-hydrogen) atoms. The van der Waals surface area contributed by atoms with E-state index < -0.39 is 0 Å². The minimum absolute atomic E-state index is 0.0955. The van der Waals surface area contributed by atoms with E-state index in [0.717, 1.165) is 32.7 Å². The zero-order valence-electron chi connectivity index (χ0n) is 21.9. The Hall–Kier alpha value is -6.60. The van der Waals surface area contributed by atoms with Crippen LogP contribution in [0.3, 0.4) is 0 Å². The van der Waals surface area contributed by atoms with Crippen LogP contribution in [-0.4, -0.2) is 9.97 Å². The van der Waals surface area contributed by atoms with Gasteiger partial charge in [-0.05, 0) is 63.4 Å². The number of nitrogens with zero attached hydrogens (tertiary/aromatic N) is 6. The Bertz CT molecular complexity index is 2180. The zero-order chi connectivity index (χ0) is 28.8. The largest absolute Gasteiger partial charge is 0.270 e. The minimum atomic E-state index is -0.0955. The Morgan fingerprint density at radius 3 is 1.79 bits per heavy atom. The van der Waals surface area contributed by atoms with Crippen LogP contribution < -0.4 is 0 Å². The Balaban J connectivity index is 1.59. The first-order chi connectivity index (χ1) is 20.7. The predicted molar refractivity (Wildman–Crippen MR) is 163 cm³/mol. The molecule has 1 aliphatic carbocycles. The summed E-state index contributed by atoms with van der Waals surface area (Å²) >= 11 is 0. The normalized spacial score (nSPS) is 12.5. The van der Waals surface area contributed by atoms with E-state index >= 15 is 0 Å². The fraction of sp³-hybridized carbons (Fsp3) is 0. The molecule has 0 bridgehead atoms. The zero-order valence-corrected chi connectivity index (χ0v) is 21.9. The second kappa shape index (κ2) is 9.55. The van der Waals surface area contributed by atoms with Crippen molar-refractivity contribution in [1.82, 2.24) is 9.97 Å². The Morgan fingerprint density at radius 1 is 0.643 bits per heavy atom. The molecule has 0 unspecified atom stereocenters. The summed E-state index contributed by atoms with van der Waals surface area (Å²) in [6, 6.07) is 31.3. The molecule has 1 aliphatic rings. The van der Waals surface area contributed by atoms with Gasteiger partial charge in [0.15, 0.2) is 5.69 Å². The summed E-state index contributed by atoms with van der Waals surface area (Å²) in [4.78, 5) is 16.7. The van der Waals surface area contributed by atoms with Crippen molar-refractivity contribution >= 4 is 32.8 Å². The number of hydrogen-bond donors (Lipinski definition) is 0. The molecule has 2 heterocycles. The molecule has 0 fully saturated rings. The van der Waals surface area contributed by atoms with E-state index in [2.05, 4.69) is 25.7 Å². The molecule has 4 aromatic carbocycles. The number of benzene rings is 4. The fourth-order valence-electron chi connectivity index (χ4n) is 5.82. The third-order valence-corrected chi connectivity index (χ3v) is 7.68. The van der Waals surface area contributed by atoms with Crippen LogP contribution in [0.1, 0.15) is 16.7 Å². The molecule has 6 aromatic rings. The smallest absolute Gasteiger partial charge is 0.257 e. The van der Waals surface area contributed by atoms with Gasteiger partial charge in [-0.1, -0.05) is 54.6 Å². The highest BCUT2D eigenvalue weighted by atomic mass is 14.7. The predicted octanol–water partition coefficient (Wildman–Crippen LogP) is 8.72. The lowest BCUT2D eigenvalue weighted by Gasteiger charge is -2.12. The summed E-state index contributed by atoms with van der Waals surface area (Å²) < 4.78 is 0. The quantitative estimate of drug-likeness (QED) is 0.165. The SMILES string of the molecule is [C-]#[N+]/C(C#N)=C1/c2cc(C#N)c(-c3nccc4ccccc34)cc2-c2cc(-c3nccc4ccccc34)c([N+]#[C-])cc21. The molecule has 0 atom stereocenters. The maximum atomic E-state index is 10.2. The fourth-order valence-corrected chi connectivity index (χ4v) is 5.82. The van der Waals surface area contributed by atoms with Gasteiger partial charge in [0.2, 0.25) is 0 Å². The molecular weight excluding hydrogens is 516 g/mol. The van der Waals surface area contributed by atoms with E-state index in [1.54, 1.807) is 24.5 Å². The summed E-state index contributed by atoms with van der Waals surface area (Å²) in [6.45, 7) is 15.8. The van der Waals surface area contributed by atoms with Crippen LogP contribution in [-0.2, 0) is 0 Å². The van der Waals surface area contributed by atoms with Crippen molar-refractivity contribution in [1.29, 1.82) is 10.5 Å². The minimum Gasteiger partial charge on any atom is -0.257 e. The highest BCUT2D eigenvalue weighted by Crippen LogP contribution is 2.51. The number of aromatic nitrogens is 2. The van der Waals surface area contributed by atoms with Crippen molar-refractivity contribution in [2.24, 2.45) is 0 Å². The number of pyridine rings is 2. The van der Waals surface area contributed by atoms with Crippen molar-refractivity contribution in [3.8, 4) is 45.8 Å². The van der Waals surface area contributed by atoms with Gasteiger partial charge in [-0.15, -0.1) is 0 Å². The topological polar surface area (TPSA) is 82.1 Å². The standard InChI is InChI=1S/C36H16N6/c1-39-32-18-30-28(17-31(32)36-25-10-6-4-8-22(25)12-14-42-36)27-16-26(35-24-9-5-3-7-21(24)11-13-41-35)23(19-37)15-29(27)34(30)33(20-38)40-2/h3-18H/b34-33-. The lowest BCUT2D eigenvalue weighted by atomic mass is 9.93. The number of fused-ring (bicyclic) bond motifs is 5. The molecule has 0 N–H and O–H groups in total. The Morgan fingerprint density at radius 2 is 1.21 bits per heavy atom. The summed E-state index contributed by atoms with van der Waals surface area (Å²) in [5, 5.41) is 24.0. The van der Waals surface area contributed by atoms with Gasteiger partial charge < -0.3 is 0 Å². The molecule has 190 valence electrons. The molecule has 2 aromatic heterocycles. The lowest BCUT2D eigenvalue weighted by Crippen LogP contribution is -1.93. The molecule has 0 aliphatic heterocycles. The second-order valence-corrected chi connectivity index (χ2v) is 9.79. The molecule has 0 spiro atoms. The number of nitriles is 2. The lowest BCUT2D eigenvalue weighted by molar-refractivity contribution is 1.35. The third kappa shape index (κ3) is 3.55. The van der Waals surface area contributed by atoms with E-state index in [4.69, 9.17) is 13.1 Å². The van der Waals surface area contributed by atoms with E-state index in [0.29, 0.717) is 50.5 Å². The summed E-state index contributed by atoms with van der Waals surface area (Å²) in [5.74, 6) is 0. The summed E-state index contributed by atoms with van der Waals surface area (Å²) in [7, 11) is 0. The van der Waals surface area contributed by atoms with Gasteiger partial charge in [-0.2, -0.15) is 5.26 Å². The first kappa shape index (κ1) is 24.4. The Kier molecular flexibility index (Phi) is 5.56. The molecule has 6 nitrogen and oxygen atoms in total.